The number of fused-ring (bicyclic) bond motifs is 1. The molecule has 2 rings (SSSR count). The summed E-state index contributed by atoms with van der Waals surface area (Å²) in [7, 11) is 0. The Morgan fingerprint density at radius 3 is 2.69 bits per heavy atom. The van der Waals surface area contributed by atoms with E-state index in [1.54, 1.807) is 11.5 Å². The van der Waals surface area contributed by atoms with Crippen LogP contribution in [0.1, 0.15) is 38.5 Å². The number of halogens is 1. The maximum atomic E-state index is 11.5. The Morgan fingerprint density at radius 2 is 2.12 bits per heavy atom. The van der Waals surface area contributed by atoms with Gasteiger partial charge in [0.1, 0.15) is 0 Å². The van der Waals surface area contributed by atoms with Gasteiger partial charge in [-0.3, -0.25) is 14.4 Å². The number of carbonyl (C=O) groups is 3. The van der Waals surface area contributed by atoms with Crippen molar-refractivity contribution >= 4 is 28.9 Å². The largest absolute Gasteiger partial charge is 0.341 e. The molecule has 0 N–H and O–H groups in total. The van der Waals surface area contributed by atoms with Crippen LogP contribution in [0.5, 0.6) is 0 Å². The molecule has 0 aliphatic carbocycles. The Bertz CT molecular complexity index is 502. The summed E-state index contributed by atoms with van der Waals surface area (Å²) in [4.78, 5) is 33.3. The summed E-state index contributed by atoms with van der Waals surface area (Å²) < 4.78 is 1.74. The molecule has 0 unspecified atom stereocenters. The minimum Gasteiger partial charge on any atom is -0.341 e. The molecule has 1 aliphatic heterocycles. The smallest absolute Gasteiger partial charge is 0.254 e. The third kappa shape index (κ3) is 1.41. The van der Waals surface area contributed by atoms with Gasteiger partial charge in [0.05, 0.1) is 11.3 Å². The molecule has 0 radical (unpaired) electrons. The van der Waals surface area contributed by atoms with E-state index < -0.39 is 11.0 Å². The number of hydrogen-bond donors (Lipinski definition) is 0. The summed E-state index contributed by atoms with van der Waals surface area (Å²) in [5.74, 6) is -0.593. The van der Waals surface area contributed by atoms with Crippen molar-refractivity contribution < 1.29 is 14.4 Å². The molecular weight excluding hydrogens is 230 g/mol. The number of nitrogens with zero attached hydrogens (tertiary/aromatic N) is 1. The van der Waals surface area contributed by atoms with Crippen molar-refractivity contribution in [1.82, 2.24) is 4.57 Å². The molecule has 1 aliphatic rings. The van der Waals surface area contributed by atoms with E-state index in [1.165, 1.54) is 0 Å². The van der Waals surface area contributed by atoms with Gasteiger partial charge in [0.15, 0.2) is 6.29 Å². The topological polar surface area (TPSA) is 56.1 Å². The van der Waals surface area contributed by atoms with Gasteiger partial charge in [-0.2, -0.15) is 0 Å². The zero-order valence-electron chi connectivity index (χ0n) is 8.75. The van der Waals surface area contributed by atoms with Gasteiger partial charge in [0.25, 0.3) is 5.24 Å². The van der Waals surface area contributed by atoms with E-state index in [2.05, 4.69) is 0 Å². The molecule has 2 heterocycles. The molecule has 0 bridgehead atoms. The van der Waals surface area contributed by atoms with Crippen LogP contribution in [-0.4, -0.2) is 21.9 Å². The van der Waals surface area contributed by atoms with Crippen molar-refractivity contribution in [3.8, 4) is 0 Å². The molecule has 0 spiro atoms. The first-order chi connectivity index (χ1) is 7.57. The Hall–Kier alpha value is -1.42. The lowest BCUT2D eigenvalue weighted by atomic mass is 10.1. The number of ketones is 1. The van der Waals surface area contributed by atoms with Crippen LogP contribution in [0.25, 0.3) is 0 Å². The maximum Gasteiger partial charge on any atom is 0.254 e. The fraction of sp³-hybridized carbons (Fsp3) is 0.364. The summed E-state index contributed by atoms with van der Waals surface area (Å²) in [6, 6.07) is 0. The highest BCUT2D eigenvalue weighted by Gasteiger charge is 2.29. The summed E-state index contributed by atoms with van der Waals surface area (Å²) in [5.41, 5.74) is 2.00. The molecule has 16 heavy (non-hydrogen) atoms. The van der Waals surface area contributed by atoms with E-state index in [0.29, 0.717) is 23.4 Å². The van der Waals surface area contributed by atoms with Crippen molar-refractivity contribution in [2.24, 2.45) is 0 Å². The van der Waals surface area contributed by atoms with E-state index >= 15 is 0 Å². The molecular formula is C11H10ClNO3. The third-order valence-electron chi connectivity index (χ3n) is 2.95. The molecule has 0 aromatic carbocycles. The molecule has 0 fully saturated rings. The molecule has 0 amide bonds. The van der Waals surface area contributed by atoms with E-state index in [-0.39, 0.29) is 6.29 Å². The number of aromatic nitrogens is 1. The van der Waals surface area contributed by atoms with Crippen LogP contribution < -0.4 is 0 Å². The van der Waals surface area contributed by atoms with Crippen molar-refractivity contribution in [3.63, 3.8) is 0 Å². The van der Waals surface area contributed by atoms with Gasteiger partial charge in [-0.1, -0.05) is 0 Å². The SMILES string of the molecule is Cc1c(C(=O)Cl)c2n(c1C(=O)C=O)CCC2. The van der Waals surface area contributed by atoms with E-state index in [1.807, 2.05) is 0 Å². The minimum atomic E-state index is -0.593. The van der Waals surface area contributed by atoms with Crippen molar-refractivity contribution in [2.75, 3.05) is 0 Å². The normalized spacial score (nSPS) is 13.6. The first-order valence-electron chi connectivity index (χ1n) is 4.99. The molecule has 0 saturated heterocycles. The second kappa shape index (κ2) is 3.87. The zero-order valence-corrected chi connectivity index (χ0v) is 9.50. The fourth-order valence-electron chi connectivity index (χ4n) is 2.35. The molecule has 84 valence electrons. The average molecular weight is 240 g/mol. The molecule has 4 nitrogen and oxygen atoms in total. The lowest BCUT2D eigenvalue weighted by Crippen LogP contribution is -2.09. The third-order valence-corrected chi connectivity index (χ3v) is 3.14. The second-order valence-corrected chi connectivity index (χ2v) is 4.15. The van der Waals surface area contributed by atoms with Crippen molar-refractivity contribution in [2.45, 2.75) is 26.3 Å². The number of Topliss-reactive ketones (excluding diaryl/α,β-unsaturated/α-hetero) is 1. The van der Waals surface area contributed by atoms with Gasteiger partial charge in [-0.25, -0.2) is 0 Å². The predicted molar refractivity (Wildman–Crippen MR) is 58.1 cm³/mol. The quantitative estimate of drug-likeness (QED) is 0.348. The molecule has 5 heteroatoms. The monoisotopic (exact) mass is 239 g/mol. The Balaban J connectivity index is 2.71. The van der Waals surface area contributed by atoms with Crippen molar-refractivity contribution in [3.05, 3.63) is 22.5 Å². The maximum absolute atomic E-state index is 11.5. The highest BCUT2D eigenvalue weighted by molar-refractivity contribution is 6.68. The first-order valence-corrected chi connectivity index (χ1v) is 5.37. The van der Waals surface area contributed by atoms with Gasteiger partial charge in [0.2, 0.25) is 5.78 Å². The minimum absolute atomic E-state index is 0.274. The summed E-state index contributed by atoms with van der Waals surface area (Å²) in [6.45, 7) is 2.31. The van der Waals surface area contributed by atoms with Gasteiger partial charge < -0.3 is 4.57 Å². The van der Waals surface area contributed by atoms with Crippen LogP contribution >= 0.6 is 11.6 Å². The summed E-state index contributed by atoms with van der Waals surface area (Å²) >= 11 is 5.50. The average Bonchev–Trinajstić information content (AvgIpc) is 2.75. The van der Waals surface area contributed by atoms with Gasteiger partial charge in [-0.05, 0) is 36.9 Å². The van der Waals surface area contributed by atoms with Crippen LogP contribution in [-0.2, 0) is 17.8 Å². The molecule has 0 atom stereocenters. The predicted octanol–water partition coefficient (Wildman–Crippen LogP) is 1.50. The lowest BCUT2D eigenvalue weighted by Gasteiger charge is -2.01. The Morgan fingerprint density at radius 1 is 1.44 bits per heavy atom. The van der Waals surface area contributed by atoms with Gasteiger partial charge >= 0.3 is 0 Å². The standard InChI is InChI=1S/C11H10ClNO3/c1-6-9(11(12)16)7-3-2-4-13(7)10(6)8(15)5-14/h5H,2-4H2,1H3. The fourth-order valence-corrected chi connectivity index (χ4v) is 2.60. The molecule has 1 aromatic rings. The lowest BCUT2D eigenvalue weighted by molar-refractivity contribution is -0.104. The number of carbonyl (C=O) groups excluding carboxylic acids is 3. The van der Waals surface area contributed by atoms with E-state index in [0.717, 1.165) is 18.5 Å². The van der Waals surface area contributed by atoms with E-state index in [9.17, 15) is 14.4 Å². The van der Waals surface area contributed by atoms with E-state index in [4.69, 9.17) is 11.6 Å². The van der Waals surface area contributed by atoms with Gasteiger partial charge in [-0.15, -0.1) is 0 Å². The van der Waals surface area contributed by atoms with Crippen LogP contribution in [0, 0.1) is 6.92 Å². The molecule has 1 aromatic heterocycles. The van der Waals surface area contributed by atoms with Crippen molar-refractivity contribution in [1.29, 1.82) is 0 Å². The zero-order chi connectivity index (χ0) is 11.9. The number of rotatable bonds is 3. The van der Waals surface area contributed by atoms with Gasteiger partial charge in [0, 0.05) is 12.2 Å². The summed E-state index contributed by atoms with van der Waals surface area (Å²) in [5, 5.41) is -0.562. The molecule has 0 saturated carbocycles. The Labute approximate surface area is 97.2 Å². The number of aldehydes is 1. The highest BCUT2D eigenvalue weighted by atomic mass is 35.5. The highest BCUT2D eigenvalue weighted by Crippen LogP contribution is 2.29. The number of hydrogen-bond acceptors (Lipinski definition) is 3. The van der Waals surface area contributed by atoms with Crippen LogP contribution in [0.4, 0.5) is 0 Å². The first kappa shape index (κ1) is 11.1. The Kier molecular flexibility index (Phi) is 2.68. The van der Waals surface area contributed by atoms with Crippen LogP contribution in [0.3, 0.4) is 0 Å². The van der Waals surface area contributed by atoms with Crippen LogP contribution in [0.15, 0.2) is 0 Å². The second-order valence-electron chi connectivity index (χ2n) is 3.81. The summed E-state index contributed by atoms with van der Waals surface area (Å²) in [6.07, 6.45) is 1.86. The van der Waals surface area contributed by atoms with Crippen LogP contribution in [0.2, 0.25) is 0 Å².